The smallest absolute Gasteiger partial charge is 0.274 e. The second kappa shape index (κ2) is 7.27. The first kappa shape index (κ1) is 18.7. The van der Waals surface area contributed by atoms with Crippen molar-refractivity contribution in [2.45, 2.75) is 31.8 Å². The van der Waals surface area contributed by atoms with Gasteiger partial charge in [0.2, 0.25) is 0 Å². The van der Waals surface area contributed by atoms with Crippen molar-refractivity contribution in [3.63, 3.8) is 0 Å². The fraction of sp³-hybridized carbons (Fsp3) is 0.312. The summed E-state index contributed by atoms with van der Waals surface area (Å²) >= 11 is 0. The molecule has 11 heteroatoms. The van der Waals surface area contributed by atoms with Crippen molar-refractivity contribution in [3.05, 3.63) is 47.9 Å². The molecule has 27 heavy (non-hydrogen) atoms. The van der Waals surface area contributed by atoms with E-state index in [2.05, 4.69) is 20.2 Å². The third kappa shape index (κ3) is 4.03. The van der Waals surface area contributed by atoms with Crippen LogP contribution >= 0.6 is 0 Å². The van der Waals surface area contributed by atoms with Crippen molar-refractivity contribution in [2.24, 2.45) is 7.05 Å². The molecule has 0 aliphatic carbocycles. The summed E-state index contributed by atoms with van der Waals surface area (Å²) in [4.78, 5) is 12.5. The normalized spacial score (nSPS) is 11.5. The first-order valence-corrected chi connectivity index (χ1v) is 9.69. The Morgan fingerprint density at radius 3 is 2.67 bits per heavy atom. The van der Waals surface area contributed by atoms with Gasteiger partial charge < -0.3 is 9.73 Å². The van der Waals surface area contributed by atoms with Crippen molar-refractivity contribution in [1.29, 1.82) is 0 Å². The molecule has 1 amide bonds. The Labute approximate surface area is 156 Å². The minimum absolute atomic E-state index is 0.0199. The lowest BCUT2D eigenvalue weighted by Crippen LogP contribution is -2.25. The zero-order chi connectivity index (χ0) is 19.6. The molecule has 0 aliphatic heterocycles. The molecule has 0 aliphatic rings. The fourth-order valence-corrected chi connectivity index (χ4v) is 3.80. The van der Waals surface area contributed by atoms with E-state index in [0.717, 1.165) is 0 Å². The highest BCUT2D eigenvalue weighted by Gasteiger charge is 2.25. The molecule has 3 heterocycles. The molecule has 0 atom stereocenters. The lowest BCUT2D eigenvalue weighted by molar-refractivity contribution is 0.0943. The molecule has 0 unspecified atom stereocenters. The second-order valence-electron chi connectivity index (χ2n) is 5.87. The van der Waals surface area contributed by atoms with E-state index < -0.39 is 15.9 Å². The number of carbonyl (C=O) groups excluding carboxylic acids is 1. The van der Waals surface area contributed by atoms with Gasteiger partial charge in [-0.25, -0.2) is 8.42 Å². The van der Waals surface area contributed by atoms with Gasteiger partial charge in [-0.3, -0.25) is 18.9 Å². The quantitative estimate of drug-likeness (QED) is 0.624. The number of sulfonamides is 1. The largest absolute Gasteiger partial charge is 0.467 e. The Hall–Kier alpha value is -3.08. The molecule has 0 spiro atoms. The Kier molecular flexibility index (Phi) is 5.04. The van der Waals surface area contributed by atoms with Gasteiger partial charge in [0.05, 0.1) is 24.2 Å². The summed E-state index contributed by atoms with van der Waals surface area (Å²) in [5.41, 5.74) is 0.433. The number of hydrogen-bond donors (Lipinski definition) is 2. The highest BCUT2D eigenvalue weighted by atomic mass is 32.2. The monoisotopic (exact) mass is 392 g/mol. The number of rotatable bonds is 7. The van der Waals surface area contributed by atoms with Crippen LogP contribution in [-0.2, 0) is 30.2 Å². The van der Waals surface area contributed by atoms with E-state index in [0.29, 0.717) is 18.0 Å². The molecule has 0 aromatic carbocycles. The number of nitrogens with zero attached hydrogens (tertiary/aromatic N) is 4. The first-order valence-electron chi connectivity index (χ1n) is 8.21. The predicted molar refractivity (Wildman–Crippen MR) is 96.5 cm³/mol. The average molecular weight is 392 g/mol. The van der Waals surface area contributed by atoms with Gasteiger partial charge in [0.1, 0.15) is 10.7 Å². The molecule has 3 aromatic heterocycles. The molecule has 10 nitrogen and oxygen atoms in total. The summed E-state index contributed by atoms with van der Waals surface area (Å²) in [6.45, 7) is 4.08. The van der Waals surface area contributed by atoms with E-state index >= 15 is 0 Å². The SMILES string of the molecule is CCn1cc(NS(=O)(=O)c2cn(C)nc2C)c(C(=O)NCc2ccco2)n1. The van der Waals surface area contributed by atoms with Crippen LogP contribution in [0.5, 0.6) is 0 Å². The zero-order valence-electron chi connectivity index (χ0n) is 15.1. The lowest BCUT2D eigenvalue weighted by atomic mass is 10.3. The van der Waals surface area contributed by atoms with Crippen LogP contribution < -0.4 is 10.0 Å². The van der Waals surface area contributed by atoms with Gasteiger partial charge in [0.25, 0.3) is 15.9 Å². The molecule has 3 aromatic rings. The number of amides is 1. The van der Waals surface area contributed by atoms with Crippen LogP contribution in [0.4, 0.5) is 5.69 Å². The maximum absolute atomic E-state index is 12.7. The number of hydrogen-bond acceptors (Lipinski definition) is 6. The number of aromatic nitrogens is 4. The third-order valence-corrected chi connectivity index (χ3v) is 5.27. The highest BCUT2D eigenvalue weighted by molar-refractivity contribution is 7.92. The Morgan fingerprint density at radius 2 is 2.07 bits per heavy atom. The van der Waals surface area contributed by atoms with Crippen LogP contribution in [-0.4, -0.2) is 33.9 Å². The van der Waals surface area contributed by atoms with E-state index in [-0.39, 0.29) is 22.8 Å². The number of furan rings is 1. The van der Waals surface area contributed by atoms with Crippen LogP contribution in [0.15, 0.2) is 40.1 Å². The van der Waals surface area contributed by atoms with Gasteiger partial charge in [-0.2, -0.15) is 10.2 Å². The minimum Gasteiger partial charge on any atom is -0.467 e. The number of nitrogens with one attached hydrogen (secondary N) is 2. The van der Waals surface area contributed by atoms with Gasteiger partial charge in [-0.15, -0.1) is 0 Å². The summed E-state index contributed by atoms with van der Waals surface area (Å²) in [5, 5.41) is 10.9. The summed E-state index contributed by atoms with van der Waals surface area (Å²) in [6, 6.07) is 3.43. The predicted octanol–water partition coefficient (Wildman–Crippen LogP) is 1.27. The average Bonchev–Trinajstić information content (AvgIpc) is 3.32. The molecule has 0 radical (unpaired) electrons. The Morgan fingerprint density at radius 1 is 1.30 bits per heavy atom. The van der Waals surface area contributed by atoms with E-state index in [9.17, 15) is 13.2 Å². The van der Waals surface area contributed by atoms with Crippen LogP contribution in [0.2, 0.25) is 0 Å². The first-order chi connectivity index (χ1) is 12.8. The fourth-order valence-electron chi connectivity index (χ4n) is 2.53. The van der Waals surface area contributed by atoms with Crippen LogP contribution in [0, 0.1) is 6.92 Å². The highest BCUT2D eigenvalue weighted by Crippen LogP contribution is 2.21. The van der Waals surface area contributed by atoms with Crippen LogP contribution in [0.3, 0.4) is 0 Å². The molecule has 144 valence electrons. The molecule has 0 fully saturated rings. The maximum atomic E-state index is 12.7. The molecule has 0 bridgehead atoms. The van der Waals surface area contributed by atoms with E-state index in [4.69, 9.17) is 4.42 Å². The molecular formula is C16H20N6O4S. The molecular weight excluding hydrogens is 372 g/mol. The van der Waals surface area contributed by atoms with E-state index in [1.807, 2.05) is 6.92 Å². The molecule has 3 rings (SSSR count). The molecule has 0 saturated heterocycles. The lowest BCUT2D eigenvalue weighted by Gasteiger charge is -2.07. The molecule has 0 saturated carbocycles. The maximum Gasteiger partial charge on any atom is 0.274 e. The van der Waals surface area contributed by atoms with Crippen LogP contribution in [0.25, 0.3) is 0 Å². The van der Waals surface area contributed by atoms with Crippen molar-refractivity contribution in [2.75, 3.05) is 4.72 Å². The van der Waals surface area contributed by atoms with Gasteiger partial charge in [0, 0.05) is 26.0 Å². The Bertz CT molecular complexity index is 1050. The summed E-state index contributed by atoms with van der Waals surface area (Å²) in [6.07, 6.45) is 4.38. The second-order valence-corrected chi connectivity index (χ2v) is 7.52. The minimum atomic E-state index is -3.92. The standard InChI is InChI=1S/C16H20N6O4S/c1-4-22-9-13(20-27(24,25)14-10-21(3)18-11(14)2)15(19-22)16(23)17-8-12-6-5-7-26-12/h5-7,9-10,20H,4,8H2,1-3H3,(H,17,23). The van der Waals surface area contributed by atoms with Gasteiger partial charge in [0.15, 0.2) is 5.69 Å². The number of anilines is 1. The number of carbonyl (C=O) groups is 1. The third-order valence-electron chi connectivity index (χ3n) is 3.81. The Balaban J connectivity index is 1.85. The van der Waals surface area contributed by atoms with Crippen LogP contribution in [0.1, 0.15) is 28.9 Å². The molecule has 2 N–H and O–H groups in total. The van der Waals surface area contributed by atoms with Gasteiger partial charge in [-0.1, -0.05) is 0 Å². The topological polar surface area (TPSA) is 124 Å². The van der Waals surface area contributed by atoms with Crippen molar-refractivity contribution >= 4 is 21.6 Å². The van der Waals surface area contributed by atoms with Gasteiger partial charge in [-0.05, 0) is 26.0 Å². The van der Waals surface area contributed by atoms with Crippen molar-refractivity contribution in [3.8, 4) is 0 Å². The summed E-state index contributed by atoms with van der Waals surface area (Å²) in [7, 11) is -2.28. The zero-order valence-corrected chi connectivity index (χ0v) is 15.9. The number of aryl methyl sites for hydroxylation is 3. The van der Waals surface area contributed by atoms with E-state index in [1.165, 1.54) is 28.0 Å². The van der Waals surface area contributed by atoms with E-state index in [1.54, 1.807) is 26.1 Å². The van der Waals surface area contributed by atoms with Gasteiger partial charge >= 0.3 is 0 Å². The van der Waals surface area contributed by atoms with Crippen molar-refractivity contribution < 1.29 is 17.6 Å². The summed E-state index contributed by atoms with van der Waals surface area (Å²) in [5.74, 6) is 0.0607. The summed E-state index contributed by atoms with van der Waals surface area (Å²) < 4.78 is 35.9. The van der Waals surface area contributed by atoms with Crippen molar-refractivity contribution in [1.82, 2.24) is 24.9 Å².